The van der Waals surface area contributed by atoms with Crippen LogP contribution in [0, 0.1) is 0 Å². The van der Waals surface area contributed by atoms with Crippen LogP contribution in [0.25, 0.3) is 0 Å². The lowest BCUT2D eigenvalue weighted by atomic mass is 9.91. The Bertz CT molecular complexity index is 428. The third kappa shape index (κ3) is 3.90. The summed E-state index contributed by atoms with van der Waals surface area (Å²) in [7, 11) is 0. The molecule has 20 heavy (non-hydrogen) atoms. The van der Waals surface area contributed by atoms with Gasteiger partial charge in [-0.05, 0) is 25.8 Å². The third-order valence-corrected chi connectivity index (χ3v) is 3.80. The molecule has 2 N–H and O–H groups in total. The minimum atomic E-state index is -2.83. The number of nitrogens with one attached hydrogen (secondary N) is 1. The van der Waals surface area contributed by atoms with Gasteiger partial charge in [0.05, 0.1) is 6.10 Å². The minimum absolute atomic E-state index is 0.0124. The minimum Gasteiger partial charge on any atom is -0.434 e. The highest BCUT2D eigenvalue weighted by atomic mass is 19.3. The Morgan fingerprint density at radius 2 is 1.95 bits per heavy atom. The molecule has 0 heterocycles. The van der Waals surface area contributed by atoms with Crippen molar-refractivity contribution in [1.29, 1.82) is 0 Å². The van der Waals surface area contributed by atoms with Gasteiger partial charge in [0, 0.05) is 17.6 Å². The van der Waals surface area contributed by atoms with Crippen molar-refractivity contribution in [2.75, 3.05) is 0 Å². The van der Waals surface area contributed by atoms with Gasteiger partial charge in [-0.15, -0.1) is 0 Å². The third-order valence-electron chi connectivity index (χ3n) is 3.80. The average molecular weight is 285 g/mol. The van der Waals surface area contributed by atoms with Crippen molar-refractivity contribution in [2.45, 2.75) is 57.4 Å². The SMILES string of the molecule is CC(NC1CCCCC1O)c1ccccc1OC(F)F. The molecule has 0 aliphatic heterocycles. The van der Waals surface area contributed by atoms with E-state index < -0.39 is 6.61 Å². The van der Waals surface area contributed by atoms with E-state index in [2.05, 4.69) is 10.1 Å². The highest BCUT2D eigenvalue weighted by molar-refractivity contribution is 5.35. The lowest BCUT2D eigenvalue weighted by Gasteiger charge is -2.31. The molecule has 2 rings (SSSR count). The molecule has 5 heteroatoms. The maximum Gasteiger partial charge on any atom is 0.387 e. The summed E-state index contributed by atoms with van der Waals surface area (Å²) in [6.07, 6.45) is 3.45. The second-order valence-electron chi connectivity index (χ2n) is 5.26. The summed E-state index contributed by atoms with van der Waals surface area (Å²) < 4.78 is 29.4. The molecule has 0 amide bonds. The molecule has 3 unspecified atom stereocenters. The van der Waals surface area contributed by atoms with Crippen molar-refractivity contribution in [3.05, 3.63) is 29.8 Å². The molecule has 1 saturated carbocycles. The van der Waals surface area contributed by atoms with E-state index in [1.165, 1.54) is 6.07 Å². The van der Waals surface area contributed by atoms with Gasteiger partial charge in [-0.25, -0.2) is 0 Å². The highest BCUT2D eigenvalue weighted by Crippen LogP contribution is 2.28. The number of aliphatic hydroxyl groups excluding tert-OH is 1. The van der Waals surface area contributed by atoms with Gasteiger partial charge in [0.2, 0.25) is 0 Å². The highest BCUT2D eigenvalue weighted by Gasteiger charge is 2.25. The first-order valence-corrected chi connectivity index (χ1v) is 7.06. The van der Waals surface area contributed by atoms with Crippen molar-refractivity contribution < 1.29 is 18.6 Å². The normalized spacial score (nSPS) is 24.6. The smallest absolute Gasteiger partial charge is 0.387 e. The fourth-order valence-corrected chi connectivity index (χ4v) is 2.76. The number of hydrogen-bond donors (Lipinski definition) is 2. The quantitative estimate of drug-likeness (QED) is 0.872. The first kappa shape index (κ1) is 15.2. The van der Waals surface area contributed by atoms with Crippen LogP contribution in [-0.2, 0) is 0 Å². The molecule has 112 valence electrons. The predicted octanol–water partition coefficient (Wildman–Crippen LogP) is 3.24. The van der Waals surface area contributed by atoms with E-state index in [4.69, 9.17) is 0 Å². The summed E-state index contributed by atoms with van der Waals surface area (Å²) >= 11 is 0. The summed E-state index contributed by atoms with van der Waals surface area (Å²) in [5.74, 6) is 0.188. The van der Waals surface area contributed by atoms with Gasteiger partial charge in [0.25, 0.3) is 0 Å². The standard InChI is InChI=1S/C15H21F2NO2/c1-10(18-12-7-3-4-8-13(12)19)11-6-2-5-9-14(11)20-15(16)17/h2,5-6,9-10,12-13,15,18-19H,3-4,7-8H2,1H3. The van der Waals surface area contributed by atoms with Gasteiger partial charge in [-0.3, -0.25) is 0 Å². The zero-order valence-electron chi connectivity index (χ0n) is 11.6. The number of benzene rings is 1. The molecule has 0 radical (unpaired) electrons. The molecular formula is C15H21F2NO2. The average Bonchev–Trinajstić information content (AvgIpc) is 2.41. The second-order valence-corrected chi connectivity index (χ2v) is 5.26. The lowest BCUT2D eigenvalue weighted by Crippen LogP contribution is -2.43. The largest absolute Gasteiger partial charge is 0.434 e. The van der Waals surface area contributed by atoms with Gasteiger partial charge in [0.1, 0.15) is 5.75 Å². The molecule has 0 saturated heterocycles. The molecule has 3 nitrogen and oxygen atoms in total. The Morgan fingerprint density at radius 1 is 1.25 bits per heavy atom. The number of aliphatic hydroxyl groups is 1. The van der Waals surface area contributed by atoms with Crippen LogP contribution in [0.2, 0.25) is 0 Å². The van der Waals surface area contributed by atoms with Crippen LogP contribution in [0.1, 0.15) is 44.2 Å². The van der Waals surface area contributed by atoms with Gasteiger partial charge >= 0.3 is 6.61 Å². The first-order valence-electron chi connectivity index (χ1n) is 7.06. The maximum absolute atomic E-state index is 12.4. The van der Waals surface area contributed by atoms with Crippen LogP contribution >= 0.6 is 0 Å². The van der Waals surface area contributed by atoms with E-state index in [-0.39, 0.29) is 23.9 Å². The van der Waals surface area contributed by atoms with E-state index in [0.717, 1.165) is 25.7 Å². The molecule has 1 fully saturated rings. The van der Waals surface area contributed by atoms with Crippen LogP contribution in [-0.4, -0.2) is 23.9 Å². The number of ether oxygens (including phenoxy) is 1. The van der Waals surface area contributed by atoms with E-state index in [1.54, 1.807) is 18.2 Å². The second kappa shape index (κ2) is 6.99. The first-order chi connectivity index (χ1) is 9.58. The summed E-state index contributed by atoms with van der Waals surface area (Å²) in [6, 6.07) is 6.63. The predicted molar refractivity (Wildman–Crippen MR) is 72.9 cm³/mol. The van der Waals surface area contributed by atoms with Gasteiger partial charge in [-0.1, -0.05) is 31.0 Å². The van der Waals surface area contributed by atoms with E-state index in [1.807, 2.05) is 6.92 Å². The Balaban J connectivity index is 2.06. The van der Waals surface area contributed by atoms with Crippen LogP contribution in [0.3, 0.4) is 0 Å². The fourth-order valence-electron chi connectivity index (χ4n) is 2.76. The number of para-hydroxylation sites is 1. The molecule has 1 aliphatic rings. The van der Waals surface area contributed by atoms with Crippen molar-refractivity contribution in [3.8, 4) is 5.75 Å². The zero-order valence-corrected chi connectivity index (χ0v) is 11.6. The molecule has 1 aliphatic carbocycles. The van der Waals surface area contributed by atoms with Crippen molar-refractivity contribution in [3.63, 3.8) is 0 Å². The molecule has 1 aromatic rings. The van der Waals surface area contributed by atoms with Crippen LogP contribution in [0.5, 0.6) is 5.75 Å². The Labute approximate surface area is 117 Å². The van der Waals surface area contributed by atoms with Gasteiger partial charge < -0.3 is 15.2 Å². The molecule has 1 aromatic carbocycles. The zero-order chi connectivity index (χ0) is 14.5. The summed E-state index contributed by atoms with van der Waals surface area (Å²) in [5, 5.41) is 13.3. The fraction of sp³-hybridized carbons (Fsp3) is 0.600. The van der Waals surface area contributed by atoms with Gasteiger partial charge in [-0.2, -0.15) is 8.78 Å². The van der Waals surface area contributed by atoms with Crippen molar-refractivity contribution >= 4 is 0 Å². The number of alkyl halides is 2. The van der Waals surface area contributed by atoms with Crippen molar-refractivity contribution in [1.82, 2.24) is 5.32 Å². The van der Waals surface area contributed by atoms with Crippen molar-refractivity contribution in [2.24, 2.45) is 0 Å². The van der Waals surface area contributed by atoms with E-state index >= 15 is 0 Å². The van der Waals surface area contributed by atoms with Crippen LogP contribution in [0.4, 0.5) is 8.78 Å². The van der Waals surface area contributed by atoms with Gasteiger partial charge in [0.15, 0.2) is 0 Å². The molecule has 0 spiro atoms. The van der Waals surface area contributed by atoms with Crippen LogP contribution in [0.15, 0.2) is 24.3 Å². The topological polar surface area (TPSA) is 41.5 Å². The number of rotatable bonds is 5. The maximum atomic E-state index is 12.4. The van der Waals surface area contributed by atoms with E-state index in [0.29, 0.717) is 5.56 Å². The Hall–Kier alpha value is -1.20. The molecule has 3 atom stereocenters. The summed E-state index contributed by atoms with van der Waals surface area (Å²) in [6.45, 7) is -0.932. The van der Waals surface area contributed by atoms with E-state index in [9.17, 15) is 13.9 Å². The Morgan fingerprint density at radius 3 is 2.65 bits per heavy atom. The van der Waals surface area contributed by atoms with Crippen LogP contribution < -0.4 is 10.1 Å². The molecule has 0 bridgehead atoms. The monoisotopic (exact) mass is 285 g/mol. The number of hydrogen-bond acceptors (Lipinski definition) is 3. The lowest BCUT2D eigenvalue weighted by molar-refractivity contribution is -0.0507. The number of halogens is 2. The summed E-state index contributed by atoms with van der Waals surface area (Å²) in [4.78, 5) is 0. The summed E-state index contributed by atoms with van der Waals surface area (Å²) in [5.41, 5.74) is 0.686. The Kier molecular flexibility index (Phi) is 5.31. The molecule has 0 aromatic heterocycles. The molecular weight excluding hydrogens is 264 g/mol.